The summed E-state index contributed by atoms with van der Waals surface area (Å²) >= 11 is 4.38. The van der Waals surface area contributed by atoms with E-state index in [0.717, 1.165) is 18.9 Å². The van der Waals surface area contributed by atoms with Crippen LogP contribution in [-0.4, -0.2) is 25.1 Å². The van der Waals surface area contributed by atoms with Gasteiger partial charge >= 0.3 is 0 Å². The standard InChI is InChI=1S/C18H24N2S2/c1-2-16-13-21-18(22-14-16,8-10-20-11-9-19-15-20)12-17-6-4-3-5-7-17/h3-7,9,11,15-16H,2,8,10,12-14H2,1H3. The second-order valence-corrected chi connectivity index (χ2v) is 9.09. The van der Waals surface area contributed by atoms with Crippen LogP contribution in [0.5, 0.6) is 0 Å². The second kappa shape index (κ2) is 7.60. The van der Waals surface area contributed by atoms with E-state index < -0.39 is 0 Å². The molecule has 1 aromatic carbocycles. The first-order valence-corrected chi connectivity index (χ1v) is 10.0. The highest BCUT2D eigenvalue weighted by atomic mass is 32.2. The largest absolute Gasteiger partial charge is 0.337 e. The molecule has 1 aliphatic rings. The van der Waals surface area contributed by atoms with Gasteiger partial charge in [-0.15, -0.1) is 23.5 Å². The van der Waals surface area contributed by atoms with Crippen molar-refractivity contribution in [3.05, 3.63) is 54.6 Å². The zero-order chi connectivity index (χ0) is 15.3. The molecular formula is C18H24N2S2. The molecule has 0 radical (unpaired) electrons. The summed E-state index contributed by atoms with van der Waals surface area (Å²) < 4.78 is 2.52. The highest BCUT2D eigenvalue weighted by Crippen LogP contribution is 2.49. The molecule has 3 rings (SSSR count). The molecule has 1 fully saturated rings. The van der Waals surface area contributed by atoms with Crippen molar-refractivity contribution in [3.63, 3.8) is 0 Å². The Morgan fingerprint density at radius 2 is 2.00 bits per heavy atom. The molecule has 1 aromatic heterocycles. The van der Waals surface area contributed by atoms with Crippen LogP contribution in [0.25, 0.3) is 0 Å². The SMILES string of the molecule is CCC1CSC(CCn2ccnc2)(Cc2ccccc2)SC1. The summed E-state index contributed by atoms with van der Waals surface area (Å²) in [6, 6.07) is 11.0. The second-order valence-electron chi connectivity index (χ2n) is 6.02. The summed E-state index contributed by atoms with van der Waals surface area (Å²) in [6.45, 7) is 3.38. The third-order valence-electron chi connectivity index (χ3n) is 4.37. The number of aromatic nitrogens is 2. The molecule has 118 valence electrons. The minimum atomic E-state index is 0.317. The van der Waals surface area contributed by atoms with Gasteiger partial charge in [-0.2, -0.15) is 0 Å². The van der Waals surface area contributed by atoms with Crippen molar-refractivity contribution in [3.8, 4) is 0 Å². The van der Waals surface area contributed by atoms with Crippen LogP contribution < -0.4 is 0 Å². The highest BCUT2D eigenvalue weighted by molar-refractivity contribution is 8.18. The molecule has 0 saturated carbocycles. The number of aryl methyl sites for hydroxylation is 1. The van der Waals surface area contributed by atoms with Crippen molar-refractivity contribution in [2.75, 3.05) is 11.5 Å². The van der Waals surface area contributed by atoms with Crippen LogP contribution in [0.2, 0.25) is 0 Å². The molecule has 0 unspecified atom stereocenters. The topological polar surface area (TPSA) is 17.8 Å². The Labute approximate surface area is 142 Å². The maximum absolute atomic E-state index is 4.17. The van der Waals surface area contributed by atoms with Gasteiger partial charge in [0.15, 0.2) is 0 Å². The third-order valence-corrected chi connectivity index (χ3v) is 8.10. The van der Waals surface area contributed by atoms with Crippen LogP contribution in [0.3, 0.4) is 0 Å². The minimum absolute atomic E-state index is 0.317. The molecule has 1 saturated heterocycles. The Kier molecular flexibility index (Phi) is 5.53. The highest BCUT2D eigenvalue weighted by Gasteiger charge is 2.36. The van der Waals surface area contributed by atoms with Gasteiger partial charge < -0.3 is 4.57 Å². The molecule has 0 amide bonds. The van der Waals surface area contributed by atoms with E-state index in [0.29, 0.717) is 4.08 Å². The molecule has 0 atom stereocenters. The van der Waals surface area contributed by atoms with Gasteiger partial charge in [-0.3, -0.25) is 0 Å². The Hall–Kier alpha value is -0.870. The van der Waals surface area contributed by atoms with E-state index in [1.54, 1.807) is 0 Å². The molecule has 2 aromatic rings. The van der Waals surface area contributed by atoms with Crippen molar-refractivity contribution in [2.24, 2.45) is 5.92 Å². The molecular weight excluding hydrogens is 308 g/mol. The van der Waals surface area contributed by atoms with Gasteiger partial charge in [0.25, 0.3) is 0 Å². The van der Waals surface area contributed by atoms with Crippen LogP contribution in [0, 0.1) is 5.92 Å². The fourth-order valence-electron chi connectivity index (χ4n) is 2.83. The van der Waals surface area contributed by atoms with E-state index in [4.69, 9.17) is 0 Å². The smallest absolute Gasteiger partial charge is 0.0945 e. The zero-order valence-electron chi connectivity index (χ0n) is 13.1. The van der Waals surface area contributed by atoms with E-state index in [-0.39, 0.29) is 0 Å². The number of nitrogens with zero attached hydrogens (tertiary/aromatic N) is 2. The van der Waals surface area contributed by atoms with E-state index in [9.17, 15) is 0 Å². The maximum Gasteiger partial charge on any atom is 0.0945 e. The van der Waals surface area contributed by atoms with Gasteiger partial charge in [-0.1, -0.05) is 43.7 Å². The molecule has 4 heteroatoms. The monoisotopic (exact) mass is 332 g/mol. The zero-order valence-corrected chi connectivity index (χ0v) is 14.8. The van der Waals surface area contributed by atoms with Crippen molar-refractivity contribution < 1.29 is 0 Å². The Bertz CT molecular complexity index is 546. The van der Waals surface area contributed by atoms with Crippen molar-refractivity contribution >= 4 is 23.5 Å². The number of thioether (sulfide) groups is 2. The molecule has 0 bridgehead atoms. The van der Waals surface area contributed by atoms with Gasteiger partial charge in [0, 0.05) is 18.9 Å². The van der Waals surface area contributed by atoms with E-state index in [2.05, 4.69) is 76.5 Å². The Morgan fingerprint density at radius 3 is 2.64 bits per heavy atom. The molecule has 0 spiro atoms. The first-order chi connectivity index (χ1) is 10.8. The third kappa shape index (κ3) is 4.11. The number of rotatable bonds is 6. The summed E-state index contributed by atoms with van der Waals surface area (Å²) in [5.41, 5.74) is 1.46. The van der Waals surface area contributed by atoms with Gasteiger partial charge in [0.2, 0.25) is 0 Å². The molecule has 1 aliphatic heterocycles. The van der Waals surface area contributed by atoms with Crippen LogP contribution in [0.4, 0.5) is 0 Å². The van der Waals surface area contributed by atoms with Crippen molar-refractivity contribution in [2.45, 2.75) is 36.8 Å². The summed E-state index contributed by atoms with van der Waals surface area (Å²) in [4.78, 5) is 4.17. The molecule has 22 heavy (non-hydrogen) atoms. The van der Waals surface area contributed by atoms with Crippen LogP contribution >= 0.6 is 23.5 Å². The van der Waals surface area contributed by atoms with Crippen LogP contribution in [0.1, 0.15) is 25.3 Å². The lowest BCUT2D eigenvalue weighted by Gasteiger charge is -2.39. The first kappa shape index (κ1) is 16.0. The van der Waals surface area contributed by atoms with Crippen molar-refractivity contribution in [1.82, 2.24) is 9.55 Å². The summed E-state index contributed by atoms with van der Waals surface area (Å²) in [7, 11) is 0. The molecule has 2 nitrogen and oxygen atoms in total. The molecule has 0 aliphatic carbocycles. The van der Waals surface area contributed by atoms with E-state index in [1.807, 2.05) is 12.5 Å². The fourth-order valence-corrected chi connectivity index (χ4v) is 6.51. The molecule has 2 heterocycles. The predicted octanol–water partition coefficient (Wildman–Crippen LogP) is 4.72. The van der Waals surface area contributed by atoms with Crippen molar-refractivity contribution in [1.29, 1.82) is 0 Å². The molecule has 0 N–H and O–H groups in total. The summed E-state index contributed by atoms with van der Waals surface area (Å²) in [5, 5.41) is 0. The van der Waals surface area contributed by atoms with E-state index in [1.165, 1.54) is 29.9 Å². The lowest BCUT2D eigenvalue weighted by atomic mass is 10.1. The lowest BCUT2D eigenvalue weighted by Crippen LogP contribution is -2.32. The minimum Gasteiger partial charge on any atom is -0.337 e. The number of imidazole rings is 1. The maximum atomic E-state index is 4.17. The van der Waals surface area contributed by atoms with Gasteiger partial charge in [0.1, 0.15) is 0 Å². The van der Waals surface area contributed by atoms with Gasteiger partial charge in [0.05, 0.1) is 10.4 Å². The van der Waals surface area contributed by atoms with E-state index >= 15 is 0 Å². The Balaban J connectivity index is 1.70. The Morgan fingerprint density at radius 1 is 1.23 bits per heavy atom. The predicted molar refractivity (Wildman–Crippen MR) is 98.4 cm³/mol. The van der Waals surface area contributed by atoms with Gasteiger partial charge in [-0.25, -0.2) is 4.98 Å². The van der Waals surface area contributed by atoms with Gasteiger partial charge in [-0.05, 0) is 35.8 Å². The average Bonchev–Trinajstić information content (AvgIpc) is 3.08. The number of benzene rings is 1. The quantitative estimate of drug-likeness (QED) is 0.762. The average molecular weight is 333 g/mol. The summed E-state index contributed by atoms with van der Waals surface area (Å²) in [5.74, 6) is 3.49. The summed E-state index contributed by atoms with van der Waals surface area (Å²) in [6.07, 6.45) is 9.55. The number of hydrogen-bond acceptors (Lipinski definition) is 3. The lowest BCUT2D eigenvalue weighted by molar-refractivity contribution is 0.575. The first-order valence-electron chi connectivity index (χ1n) is 8.07. The normalized spacial score (nSPS) is 25.2. The van der Waals surface area contributed by atoms with Crippen LogP contribution in [0.15, 0.2) is 49.1 Å². The van der Waals surface area contributed by atoms with Crippen LogP contribution in [-0.2, 0) is 13.0 Å². The number of hydrogen-bond donors (Lipinski definition) is 0. The fraction of sp³-hybridized carbons (Fsp3) is 0.500.